The smallest absolute Gasteiger partial charge is 0.408 e. The average molecular weight is 506 g/mol. The van der Waals surface area contributed by atoms with Crippen LogP contribution >= 0.6 is 0 Å². The first-order valence-corrected chi connectivity index (χ1v) is 13.3. The number of nitrogens with zero attached hydrogens (tertiary/aromatic N) is 1. The summed E-state index contributed by atoms with van der Waals surface area (Å²) in [4.78, 5) is 41.6. The van der Waals surface area contributed by atoms with Crippen molar-refractivity contribution in [1.82, 2.24) is 15.5 Å². The van der Waals surface area contributed by atoms with Crippen molar-refractivity contribution >= 4 is 17.9 Å². The van der Waals surface area contributed by atoms with E-state index in [1.165, 1.54) is 12.1 Å². The lowest BCUT2D eigenvalue weighted by Crippen LogP contribution is -2.55. The number of aromatic hydroxyl groups is 1. The highest BCUT2D eigenvalue weighted by Crippen LogP contribution is 2.27. The summed E-state index contributed by atoms with van der Waals surface area (Å²) in [6, 6.07) is 4.63. The molecule has 2 unspecified atom stereocenters. The number of amides is 3. The fourth-order valence-corrected chi connectivity index (χ4v) is 3.85. The second-order valence-electron chi connectivity index (χ2n) is 10.6. The number of carbonyl (C=O) groups excluding carboxylic acids is 3. The third-order valence-corrected chi connectivity index (χ3v) is 5.72. The summed E-state index contributed by atoms with van der Waals surface area (Å²) in [6.07, 6.45) is 4.75. The van der Waals surface area contributed by atoms with Crippen LogP contribution in [0.4, 0.5) is 4.79 Å². The molecule has 1 rings (SSSR count). The fraction of sp³-hybridized carbons (Fsp3) is 0.679. The Morgan fingerprint density at radius 1 is 1.03 bits per heavy atom. The number of phenols is 1. The van der Waals surface area contributed by atoms with Gasteiger partial charge < -0.3 is 25.4 Å². The number of benzene rings is 1. The van der Waals surface area contributed by atoms with Gasteiger partial charge in [0.2, 0.25) is 11.8 Å². The summed E-state index contributed by atoms with van der Waals surface area (Å²) in [5, 5.41) is 15.8. The lowest BCUT2D eigenvalue weighted by molar-refractivity contribution is -0.143. The number of unbranched alkanes of at least 4 members (excludes halogenated alkanes) is 4. The zero-order chi connectivity index (χ0) is 27.3. The van der Waals surface area contributed by atoms with Gasteiger partial charge in [0.1, 0.15) is 23.4 Å². The molecule has 0 saturated heterocycles. The van der Waals surface area contributed by atoms with Gasteiger partial charge in [-0.05, 0) is 57.2 Å². The molecule has 8 nitrogen and oxygen atoms in total. The van der Waals surface area contributed by atoms with Gasteiger partial charge in [-0.3, -0.25) is 9.59 Å². The molecular weight excluding hydrogens is 458 g/mol. The molecule has 0 aromatic heterocycles. The van der Waals surface area contributed by atoms with Crippen molar-refractivity contribution < 1.29 is 24.2 Å². The zero-order valence-corrected chi connectivity index (χ0v) is 23.2. The molecule has 0 spiro atoms. The largest absolute Gasteiger partial charge is 0.508 e. The third-order valence-electron chi connectivity index (χ3n) is 5.72. The van der Waals surface area contributed by atoms with E-state index in [9.17, 15) is 19.5 Å². The van der Waals surface area contributed by atoms with E-state index < -0.39 is 23.8 Å². The minimum Gasteiger partial charge on any atom is -0.508 e. The molecule has 0 saturated carbocycles. The van der Waals surface area contributed by atoms with Gasteiger partial charge in [0.25, 0.3) is 0 Å². The van der Waals surface area contributed by atoms with Gasteiger partial charge >= 0.3 is 6.09 Å². The lowest BCUT2D eigenvalue weighted by atomic mass is 9.98. The van der Waals surface area contributed by atoms with E-state index in [2.05, 4.69) is 17.6 Å². The summed E-state index contributed by atoms with van der Waals surface area (Å²) in [5.74, 6) is -0.885. The third kappa shape index (κ3) is 10.9. The number of carbonyl (C=O) groups is 3. The van der Waals surface area contributed by atoms with Crippen molar-refractivity contribution in [2.24, 2.45) is 5.92 Å². The summed E-state index contributed by atoms with van der Waals surface area (Å²) >= 11 is 0. The molecule has 8 heteroatoms. The number of alkyl carbamates (subject to hydrolysis) is 1. The van der Waals surface area contributed by atoms with Crippen LogP contribution in [0.15, 0.2) is 24.3 Å². The van der Waals surface area contributed by atoms with Crippen LogP contribution in [-0.2, 0) is 14.3 Å². The monoisotopic (exact) mass is 505 g/mol. The molecule has 36 heavy (non-hydrogen) atoms. The minimum atomic E-state index is -0.940. The number of hydrogen-bond acceptors (Lipinski definition) is 5. The van der Waals surface area contributed by atoms with E-state index in [0.29, 0.717) is 25.1 Å². The highest BCUT2D eigenvalue weighted by atomic mass is 16.6. The predicted octanol–water partition coefficient (Wildman–Crippen LogP) is 5.31. The Labute approximate surface area is 217 Å². The van der Waals surface area contributed by atoms with Gasteiger partial charge in [-0.15, -0.1) is 0 Å². The maximum atomic E-state index is 14.0. The van der Waals surface area contributed by atoms with Crippen LogP contribution in [0.1, 0.15) is 98.6 Å². The molecule has 0 radical (unpaired) electrons. The zero-order valence-electron chi connectivity index (χ0n) is 23.2. The van der Waals surface area contributed by atoms with Gasteiger partial charge in [-0.25, -0.2) is 4.79 Å². The Kier molecular flexibility index (Phi) is 13.3. The minimum absolute atomic E-state index is 0.0181. The van der Waals surface area contributed by atoms with E-state index in [-0.39, 0.29) is 23.5 Å². The highest BCUT2D eigenvalue weighted by Gasteiger charge is 2.37. The summed E-state index contributed by atoms with van der Waals surface area (Å²) in [7, 11) is 0. The number of nitrogens with one attached hydrogen (secondary N) is 2. The Bertz CT molecular complexity index is 835. The van der Waals surface area contributed by atoms with Crippen LogP contribution in [0.3, 0.4) is 0 Å². The standard InChI is InChI=1S/C28H47N3O5/c1-8-10-12-13-18-31(26(34)23(20(3)4)30-27(35)36-28(5,6)7)24(25(33)29-17-11-9-2)21-15-14-16-22(32)19-21/h14-16,19-20,23-24,32H,8-13,17-18H2,1-7H3,(H,29,33)(H,30,35). The molecule has 1 aromatic carbocycles. The second kappa shape index (κ2) is 15.4. The van der Waals surface area contributed by atoms with E-state index in [1.54, 1.807) is 37.8 Å². The molecule has 0 aliphatic heterocycles. The quantitative estimate of drug-likeness (QED) is 0.297. The van der Waals surface area contributed by atoms with Crippen molar-refractivity contribution in [3.05, 3.63) is 29.8 Å². The summed E-state index contributed by atoms with van der Waals surface area (Å²) in [5.41, 5.74) is -0.190. The van der Waals surface area contributed by atoms with Gasteiger partial charge in [-0.2, -0.15) is 0 Å². The van der Waals surface area contributed by atoms with Crippen molar-refractivity contribution in [1.29, 1.82) is 0 Å². The fourth-order valence-electron chi connectivity index (χ4n) is 3.85. The molecular formula is C28H47N3O5. The Morgan fingerprint density at radius 2 is 1.69 bits per heavy atom. The van der Waals surface area contributed by atoms with Crippen LogP contribution in [0, 0.1) is 5.92 Å². The van der Waals surface area contributed by atoms with Gasteiger partial charge in [-0.1, -0.05) is 65.5 Å². The Morgan fingerprint density at radius 3 is 2.25 bits per heavy atom. The molecule has 204 valence electrons. The number of phenolic OH excluding ortho intramolecular Hbond substituents is 1. The maximum absolute atomic E-state index is 14.0. The highest BCUT2D eigenvalue weighted by molar-refractivity contribution is 5.92. The number of ether oxygens (including phenoxy) is 1. The summed E-state index contributed by atoms with van der Waals surface area (Å²) in [6.45, 7) is 14.0. The van der Waals surface area contributed by atoms with Crippen molar-refractivity contribution in [2.45, 2.75) is 105 Å². The van der Waals surface area contributed by atoms with Crippen LogP contribution in [0.2, 0.25) is 0 Å². The number of hydrogen-bond donors (Lipinski definition) is 3. The molecule has 3 N–H and O–H groups in total. The summed E-state index contributed by atoms with van der Waals surface area (Å²) < 4.78 is 5.40. The Balaban J connectivity index is 3.40. The first-order chi connectivity index (χ1) is 16.9. The molecule has 0 aliphatic rings. The van der Waals surface area contributed by atoms with Crippen LogP contribution in [0.25, 0.3) is 0 Å². The van der Waals surface area contributed by atoms with Gasteiger partial charge in [0.05, 0.1) is 0 Å². The van der Waals surface area contributed by atoms with E-state index in [1.807, 2.05) is 20.8 Å². The molecule has 0 bridgehead atoms. The van der Waals surface area contributed by atoms with Crippen molar-refractivity contribution in [3.8, 4) is 5.75 Å². The predicted molar refractivity (Wildman–Crippen MR) is 143 cm³/mol. The van der Waals surface area contributed by atoms with E-state index >= 15 is 0 Å². The first-order valence-electron chi connectivity index (χ1n) is 13.3. The van der Waals surface area contributed by atoms with Gasteiger partial charge in [0, 0.05) is 13.1 Å². The van der Waals surface area contributed by atoms with Crippen LogP contribution in [0.5, 0.6) is 5.75 Å². The second-order valence-corrected chi connectivity index (χ2v) is 10.6. The van der Waals surface area contributed by atoms with Gasteiger partial charge in [0.15, 0.2) is 0 Å². The van der Waals surface area contributed by atoms with Crippen LogP contribution in [-0.4, -0.2) is 52.6 Å². The average Bonchev–Trinajstić information content (AvgIpc) is 2.77. The molecule has 2 atom stereocenters. The lowest BCUT2D eigenvalue weighted by Gasteiger charge is -2.35. The Hall–Kier alpha value is -2.77. The maximum Gasteiger partial charge on any atom is 0.408 e. The van der Waals surface area contributed by atoms with E-state index in [0.717, 1.165) is 32.1 Å². The van der Waals surface area contributed by atoms with Crippen molar-refractivity contribution in [2.75, 3.05) is 13.1 Å². The number of rotatable bonds is 14. The topological polar surface area (TPSA) is 108 Å². The molecule has 1 aromatic rings. The van der Waals surface area contributed by atoms with Crippen molar-refractivity contribution in [3.63, 3.8) is 0 Å². The molecule has 0 aliphatic carbocycles. The van der Waals surface area contributed by atoms with E-state index in [4.69, 9.17) is 4.74 Å². The molecule has 0 fully saturated rings. The molecule has 0 heterocycles. The van der Waals surface area contributed by atoms with Crippen LogP contribution < -0.4 is 10.6 Å². The SMILES string of the molecule is CCCCCCN(C(=O)C(NC(=O)OC(C)(C)C)C(C)C)C(C(=O)NCCCC)c1cccc(O)c1. The molecule has 3 amide bonds. The first kappa shape index (κ1) is 31.3. The normalized spacial score (nSPS) is 13.1.